The van der Waals surface area contributed by atoms with Gasteiger partial charge in [-0.1, -0.05) is 36.7 Å². The van der Waals surface area contributed by atoms with Gasteiger partial charge in [-0.05, 0) is 17.9 Å². The number of aromatic nitrogens is 2. The highest BCUT2D eigenvalue weighted by Crippen LogP contribution is 2.32. The molecule has 0 saturated heterocycles. The van der Waals surface area contributed by atoms with E-state index >= 15 is 0 Å². The van der Waals surface area contributed by atoms with Gasteiger partial charge in [-0.25, -0.2) is 4.98 Å². The molecule has 1 aromatic heterocycles. The summed E-state index contributed by atoms with van der Waals surface area (Å²) in [5, 5.41) is 11.5. The number of nitrogens with one attached hydrogen (secondary N) is 1. The summed E-state index contributed by atoms with van der Waals surface area (Å²) in [7, 11) is 0. The van der Waals surface area contributed by atoms with Gasteiger partial charge in [0.1, 0.15) is 0 Å². The highest BCUT2D eigenvalue weighted by molar-refractivity contribution is 9.09. The number of alkyl halides is 1. The Morgan fingerprint density at radius 3 is 2.67 bits per heavy atom. The molecule has 2 aromatic rings. The quantitative estimate of drug-likeness (QED) is 0.521. The molecule has 6 nitrogen and oxygen atoms in total. The number of fused-ring (bicyclic) bond motifs is 1. The summed E-state index contributed by atoms with van der Waals surface area (Å²) in [6.45, 7) is 6.17. The Labute approximate surface area is 129 Å². The van der Waals surface area contributed by atoms with E-state index in [1.165, 1.54) is 12.4 Å². The molecule has 2 rings (SSSR count). The highest BCUT2D eigenvalue weighted by Gasteiger charge is 2.26. The van der Waals surface area contributed by atoms with Crippen molar-refractivity contribution in [3.63, 3.8) is 0 Å². The van der Waals surface area contributed by atoms with E-state index in [9.17, 15) is 14.9 Å². The molecule has 112 valence electrons. The van der Waals surface area contributed by atoms with E-state index < -0.39 is 4.92 Å². The number of nitro groups is 1. The molecule has 0 aliphatic heterocycles. The monoisotopic (exact) mass is 353 g/mol. The Morgan fingerprint density at radius 2 is 2.10 bits per heavy atom. The minimum absolute atomic E-state index is 0.0373. The molecule has 0 radical (unpaired) electrons. The van der Waals surface area contributed by atoms with Crippen molar-refractivity contribution < 1.29 is 4.92 Å². The van der Waals surface area contributed by atoms with Crippen molar-refractivity contribution in [1.29, 1.82) is 0 Å². The van der Waals surface area contributed by atoms with Crippen molar-refractivity contribution in [3.05, 3.63) is 44.5 Å². The average molecular weight is 354 g/mol. The van der Waals surface area contributed by atoms with Crippen LogP contribution in [0.2, 0.25) is 0 Å². The lowest BCUT2D eigenvalue weighted by molar-refractivity contribution is -0.385. The molecule has 0 aliphatic carbocycles. The zero-order chi connectivity index (χ0) is 15.8. The van der Waals surface area contributed by atoms with Gasteiger partial charge in [0.2, 0.25) is 0 Å². The maximum absolute atomic E-state index is 11.7. The molecule has 0 saturated carbocycles. The number of hydrogen-bond donors (Lipinski definition) is 1. The van der Waals surface area contributed by atoms with Crippen molar-refractivity contribution in [3.8, 4) is 0 Å². The average Bonchev–Trinajstić information content (AvgIpc) is 2.37. The largest absolute Gasteiger partial charge is 0.313 e. The van der Waals surface area contributed by atoms with Gasteiger partial charge in [0.05, 0.1) is 22.2 Å². The lowest BCUT2D eigenvalue weighted by Crippen LogP contribution is -2.23. The number of H-pyrrole nitrogens is 1. The van der Waals surface area contributed by atoms with E-state index in [4.69, 9.17) is 0 Å². The second-order valence-electron chi connectivity index (χ2n) is 6.02. The third-order valence-corrected chi connectivity index (χ3v) is 5.07. The van der Waals surface area contributed by atoms with Crippen LogP contribution in [-0.4, -0.2) is 19.7 Å². The molecule has 1 N–H and O–H groups in total. The van der Waals surface area contributed by atoms with Crippen molar-refractivity contribution in [2.24, 2.45) is 5.41 Å². The Morgan fingerprint density at radius 1 is 1.43 bits per heavy atom. The molecular formula is C14H16BrN3O3. The van der Waals surface area contributed by atoms with Crippen LogP contribution in [0.5, 0.6) is 0 Å². The first-order valence-corrected chi connectivity index (χ1v) is 7.40. The maximum atomic E-state index is 11.7. The molecular weight excluding hydrogens is 338 g/mol. The fourth-order valence-electron chi connectivity index (χ4n) is 1.98. The Kier molecular flexibility index (Phi) is 4.13. The third-order valence-electron chi connectivity index (χ3n) is 3.38. The molecule has 1 aromatic carbocycles. The molecule has 1 atom stereocenters. The molecule has 0 spiro atoms. The van der Waals surface area contributed by atoms with Gasteiger partial charge >= 0.3 is 0 Å². The molecule has 0 amide bonds. The van der Waals surface area contributed by atoms with Gasteiger partial charge in [0.15, 0.2) is 0 Å². The number of nitrogens with zero attached hydrogens (tertiary/aromatic N) is 2. The van der Waals surface area contributed by atoms with E-state index in [0.717, 1.165) is 0 Å². The van der Waals surface area contributed by atoms with Crippen LogP contribution in [0.4, 0.5) is 5.69 Å². The van der Waals surface area contributed by atoms with Gasteiger partial charge in [0.25, 0.3) is 11.2 Å². The van der Waals surface area contributed by atoms with E-state index in [0.29, 0.717) is 17.5 Å². The van der Waals surface area contributed by atoms with Crippen molar-refractivity contribution in [2.75, 3.05) is 0 Å². The summed E-state index contributed by atoms with van der Waals surface area (Å²) in [5.74, 6) is 0. The van der Waals surface area contributed by atoms with Crippen LogP contribution in [0.1, 0.15) is 26.3 Å². The van der Waals surface area contributed by atoms with Gasteiger partial charge in [-0.2, -0.15) is 0 Å². The first-order chi connectivity index (χ1) is 9.70. The summed E-state index contributed by atoms with van der Waals surface area (Å²) in [5.41, 5.74) is 0.579. The van der Waals surface area contributed by atoms with Crippen LogP contribution in [0.25, 0.3) is 10.9 Å². The standard InChI is InChI=1S/C14H16BrN3O3/c1-14(2,3)12(15)5-8-4-10-9(6-11(8)18(20)21)13(19)17-7-16-10/h4,6-7,12H,5H2,1-3H3,(H,16,17,19). The van der Waals surface area contributed by atoms with E-state index in [1.54, 1.807) is 6.07 Å². The Balaban J connectivity index is 2.59. The van der Waals surface area contributed by atoms with Crippen LogP contribution in [0, 0.1) is 15.5 Å². The lowest BCUT2D eigenvalue weighted by Gasteiger charge is -2.25. The first kappa shape index (κ1) is 15.6. The number of aromatic amines is 1. The zero-order valence-corrected chi connectivity index (χ0v) is 13.6. The molecule has 7 heteroatoms. The van der Waals surface area contributed by atoms with E-state index in [2.05, 4.69) is 46.7 Å². The predicted octanol–water partition coefficient (Wildman–Crippen LogP) is 3.18. The number of rotatable bonds is 3. The topological polar surface area (TPSA) is 88.9 Å². The minimum Gasteiger partial charge on any atom is -0.313 e. The molecule has 0 fully saturated rings. The van der Waals surface area contributed by atoms with E-state index in [-0.39, 0.29) is 26.9 Å². The Hall–Kier alpha value is -1.76. The van der Waals surface area contributed by atoms with E-state index in [1.807, 2.05) is 0 Å². The predicted molar refractivity (Wildman–Crippen MR) is 84.9 cm³/mol. The summed E-state index contributed by atoms with van der Waals surface area (Å²) in [6.07, 6.45) is 1.79. The Bertz CT molecular complexity index is 749. The van der Waals surface area contributed by atoms with Crippen LogP contribution >= 0.6 is 15.9 Å². The van der Waals surface area contributed by atoms with Gasteiger partial charge in [-0.15, -0.1) is 0 Å². The fraction of sp³-hybridized carbons (Fsp3) is 0.429. The SMILES string of the molecule is CC(C)(C)C(Br)Cc1cc2nc[nH]c(=O)c2cc1[N+](=O)[O-]. The van der Waals surface area contributed by atoms with Crippen molar-refractivity contribution >= 4 is 32.5 Å². The third kappa shape index (κ3) is 3.29. The molecule has 1 heterocycles. The second kappa shape index (κ2) is 5.55. The van der Waals surface area contributed by atoms with Crippen LogP contribution in [0.15, 0.2) is 23.3 Å². The fourth-order valence-corrected chi connectivity index (χ4v) is 2.33. The molecule has 0 aliphatic rings. The summed E-state index contributed by atoms with van der Waals surface area (Å²) < 4.78 is 0. The van der Waals surface area contributed by atoms with Gasteiger partial charge in [0, 0.05) is 16.5 Å². The minimum atomic E-state index is -0.455. The van der Waals surface area contributed by atoms with Gasteiger partial charge < -0.3 is 4.98 Å². The number of hydrogen-bond acceptors (Lipinski definition) is 4. The maximum Gasteiger partial charge on any atom is 0.273 e. The molecule has 21 heavy (non-hydrogen) atoms. The first-order valence-electron chi connectivity index (χ1n) is 6.49. The van der Waals surface area contributed by atoms with Crippen LogP contribution in [0.3, 0.4) is 0 Å². The molecule has 1 unspecified atom stereocenters. The normalized spacial score (nSPS) is 13.3. The van der Waals surface area contributed by atoms with Gasteiger partial charge in [-0.3, -0.25) is 14.9 Å². The highest BCUT2D eigenvalue weighted by atomic mass is 79.9. The van der Waals surface area contributed by atoms with Crippen molar-refractivity contribution in [2.45, 2.75) is 32.0 Å². The summed E-state index contributed by atoms with van der Waals surface area (Å²) >= 11 is 3.59. The second-order valence-corrected chi connectivity index (χ2v) is 7.13. The molecule has 0 bridgehead atoms. The number of nitro benzene ring substituents is 1. The van der Waals surface area contributed by atoms with Crippen LogP contribution in [-0.2, 0) is 6.42 Å². The number of halogens is 1. The van der Waals surface area contributed by atoms with Crippen LogP contribution < -0.4 is 5.56 Å². The van der Waals surface area contributed by atoms with Crippen molar-refractivity contribution in [1.82, 2.24) is 9.97 Å². The zero-order valence-electron chi connectivity index (χ0n) is 12.0. The lowest BCUT2D eigenvalue weighted by atomic mass is 9.88. The number of benzene rings is 1. The summed E-state index contributed by atoms with van der Waals surface area (Å²) in [6, 6.07) is 2.93. The summed E-state index contributed by atoms with van der Waals surface area (Å²) in [4.78, 5) is 29.1. The smallest absolute Gasteiger partial charge is 0.273 e.